The summed E-state index contributed by atoms with van der Waals surface area (Å²) < 4.78 is 5.06. The fourth-order valence-corrected chi connectivity index (χ4v) is 1.12. The molecule has 0 fully saturated rings. The molecule has 1 aromatic heterocycles. The lowest BCUT2D eigenvalue weighted by atomic mass is 10.1. The van der Waals surface area contributed by atoms with Crippen LogP contribution in [0, 0.1) is 6.92 Å². The lowest BCUT2D eigenvalue weighted by Crippen LogP contribution is -1.89. The van der Waals surface area contributed by atoms with Gasteiger partial charge in [-0.05, 0) is 24.6 Å². The molecule has 0 aliphatic carbocycles. The highest BCUT2D eigenvalue weighted by atomic mass is 16.4. The molecule has 0 atom stereocenters. The third-order valence-electron chi connectivity index (χ3n) is 1.97. The second-order valence-electron chi connectivity index (χ2n) is 3.02. The van der Waals surface area contributed by atoms with Crippen LogP contribution in [0.15, 0.2) is 22.6 Å². The lowest BCUT2D eigenvalue weighted by Gasteiger charge is -2.00. The lowest BCUT2D eigenvalue weighted by molar-refractivity contribution is 0.590. The Morgan fingerprint density at radius 1 is 1.21 bits per heavy atom. The van der Waals surface area contributed by atoms with Gasteiger partial charge in [0.25, 0.3) is 0 Å². The number of anilines is 2. The molecule has 0 unspecified atom stereocenters. The van der Waals surface area contributed by atoms with Crippen molar-refractivity contribution in [2.24, 2.45) is 0 Å². The Kier molecular flexibility index (Phi) is 1.85. The van der Waals surface area contributed by atoms with Crippen LogP contribution in [0.2, 0.25) is 0 Å². The summed E-state index contributed by atoms with van der Waals surface area (Å²) in [5, 5.41) is 7.32. The van der Waals surface area contributed by atoms with Crippen LogP contribution in [0.3, 0.4) is 0 Å². The number of nitrogens with two attached hydrogens (primary N) is 2. The van der Waals surface area contributed by atoms with Crippen molar-refractivity contribution < 1.29 is 4.42 Å². The molecule has 0 saturated carbocycles. The maximum absolute atomic E-state index is 5.74. The number of aromatic nitrogens is 2. The number of rotatable bonds is 1. The Balaban J connectivity index is 2.47. The topological polar surface area (TPSA) is 91.0 Å². The van der Waals surface area contributed by atoms with E-state index in [4.69, 9.17) is 15.9 Å². The normalized spacial score (nSPS) is 10.4. The summed E-state index contributed by atoms with van der Waals surface area (Å²) >= 11 is 0. The van der Waals surface area contributed by atoms with E-state index in [1.165, 1.54) is 0 Å². The smallest absolute Gasteiger partial charge is 0.313 e. The zero-order chi connectivity index (χ0) is 10.1. The number of benzene rings is 1. The van der Waals surface area contributed by atoms with Crippen LogP contribution in [0.5, 0.6) is 0 Å². The minimum Gasteiger partial charge on any atom is -0.404 e. The largest absolute Gasteiger partial charge is 0.404 e. The predicted molar refractivity (Wildman–Crippen MR) is 53.3 cm³/mol. The molecule has 0 aliphatic heterocycles. The summed E-state index contributed by atoms with van der Waals surface area (Å²) in [7, 11) is 0. The fraction of sp³-hybridized carbons (Fsp3) is 0.111. The summed E-state index contributed by atoms with van der Waals surface area (Å²) in [6.45, 7) is 1.93. The molecule has 0 saturated heterocycles. The van der Waals surface area contributed by atoms with Gasteiger partial charge in [0, 0.05) is 11.3 Å². The summed E-state index contributed by atoms with van der Waals surface area (Å²) in [5.41, 5.74) is 13.5. The van der Waals surface area contributed by atoms with Crippen LogP contribution in [0.4, 0.5) is 11.7 Å². The first-order valence-electron chi connectivity index (χ1n) is 4.12. The number of aryl methyl sites for hydroxylation is 1. The molecule has 5 heteroatoms. The summed E-state index contributed by atoms with van der Waals surface area (Å²) in [6.07, 6.45) is 0. The van der Waals surface area contributed by atoms with Crippen molar-refractivity contribution in [1.29, 1.82) is 0 Å². The highest BCUT2D eigenvalue weighted by Crippen LogP contribution is 2.22. The van der Waals surface area contributed by atoms with Gasteiger partial charge in [-0.3, -0.25) is 0 Å². The molecule has 72 valence electrons. The van der Waals surface area contributed by atoms with Crippen molar-refractivity contribution >= 4 is 11.7 Å². The fourth-order valence-electron chi connectivity index (χ4n) is 1.12. The molecule has 1 aromatic carbocycles. The van der Waals surface area contributed by atoms with E-state index < -0.39 is 0 Å². The molecular formula is C9H10N4O. The number of nitrogen functional groups attached to an aromatic ring is 2. The van der Waals surface area contributed by atoms with E-state index in [-0.39, 0.29) is 6.01 Å². The molecule has 2 rings (SSSR count). The van der Waals surface area contributed by atoms with Crippen molar-refractivity contribution in [2.45, 2.75) is 6.92 Å². The van der Waals surface area contributed by atoms with Gasteiger partial charge in [0.2, 0.25) is 5.89 Å². The summed E-state index contributed by atoms with van der Waals surface area (Å²) in [5.74, 6) is 0.384. The average molecular weight is 190 g/mol. The Morgan fingerprint density at radius 2 is 2.00 bits per heavy atom. The van der Waals surface area contributed by atoms with Crippen molar-refractivity contribution in [2.75, 3.05) is 11.5 Å². The van der Waals surface area contributed by atoms with Crippen LogP contribution < -0.4 is 11.5 Å². The monoisotopic (exact) mass is 190 g/mol. The van der Waals surface area contributed by atoms with Crippen LogP contribution in [0.25, 0.3) is 11.5 Å². The van der Waals surface area contributed by atoms with Crippen LogP contribution in [0.1, 0.15) is 5.56 Å². The Labute approximate surface area is 80.7 Å². The third-order valence-corrected chi connectivity index (χ3v) is 1.97. The molecule has 14 heavy (non-hydrogen) atoms. The molecule has 4 N–H and O–H groups in total. The molecule has 1 heterocycles. The Morgan fingerprint density at radius 3 is 2.57 bits per heavy atom. The van der Waals surface area contributed by atoms with E-state index in [1.807, 2.05) is 19.1 Å². The highest BCUT2D eigenvalue weighted by Gasteiger charge is 2.06. The van der Waals surface area contributed by atoms with Gasteiger partial charge in [-0.25, -0.2) is 0 Å². The summed E-state index contributed by atoms with van der Waals surface area (Å²) in [6, 6.07) is 5.59. The van der Waals surface area contributed by atoms with Crippen LogP contribution >= 0.6 is 0 Å². The summed E-state index contributed by atoms with van der Waals surface area (Å²) in [4.78, 5) is 0. The van der Waals surface area contributed by atoms with Crippen molar-refractivity contribution in [3.63, 3.8) is 0 Å². The van der Waals surface area contributed by atoms with Gasteiger partial charge in [0.15, 0.2) is 0 Å². The molecule has 5 nitrogen and oxygen atoms in total. The number of hydrogen-bond acceptors (Lipinski definition) is 5. The number of nitrogens with zero attached hydrogens (tertiary/aromatic N) is 2. The van der Waals surface area contributed by atoms with E-state index in [1.54, 1.807) is 6.07 Å². The maximum atomic E-state index is 5.74. The van der Waals surface area contributed by atoms with Crippen molar-refractivity contribution in [3.05, 3.63) is 23.8 Å². The van der Waals surface area contributed by atoms with Crippen molar-refractivity contribution in [1.82, 2.24) is 10.2 Å². The second-order valence-corrected chi connectivity index (χ2v) is 3.02. The van der Waals surface area contributed by atoms with E-state index >= 15 is 0 Å². The van der Waals surface area contributed by atoms with E-state index in [9.17, 15) is 0 Å². The average Bonchev–Trinajstić information content (AvgIpc) is 2.57. The molecule has 0 amide bonds. The third kappa shape index (κ3) is 1.39. The zero-order valence-electron chi connectivity index (χ0n) is 7.69. The van der Waals surface area contributed by atoms with Gasteiger partial charge < -0.3 is 15.9 Å². The van der Waals surface area contributed by atoms with Gasteiger partial charge in [0.05, 0.1) is 0 Å². The van der Waals surface area contributed by atoms with E-state index in [0.29, 0.717) is 11.6 Å². The maximum Gasteiger partial charge on any atom is 0.313 e. The SMILES string of the molecule is Cc1ccc(-c2nnc(N)o2)cc1N. The van der Waals surface area contributed by atoms with Crippen LogP contribution in [-0.4, -0.2) is 10.2 Å². The first kappa shape index (κ1) is 8.55. The van der Waals surface area contributed by atoms with E-state index in [2.05, 4.69) is 10.2 Å². The first-order valence-corrected chi connectivity index (χ1v) is 4.12. The standard InChI is InChI=1S/C9H10N4O/c1-5-2-3-6(4-7(5)10)8-12-13-9(11)14-8/h2-4H,10H2,1H3,(H2,11,13). The van der Waals surface area contributed by atoms with Gasteiger partial charge in [-0.1, -0.05) is 11.2 Å². The van der Waals surface area contributed by atoms with Gasteiger partial charge in [0.1, 0.15) is 0 Å². The quantitative estimate of drug-likeness (QED) is 0.659. The minimum atomic E-state index is 0.0548. The molecular weight excluding hydrogens is 180 g/mol. The van der Waals surface area contributed by atoms with Gasteiger partial charge in [-0.15, -0.1) is 5.10 Å². The van der Waals surface area contributed by atoms with Gasteiger partial charge in [-0.2, -0.15) is 0 Å². The molecule has 0 radical (unpaired) electrons. The predicted octanol–water partition coefficient (Wildman–Crippen LogP) is 1.21. The molecule has 0 aliphatic rings. The molecule has 0 bridgehead atoms. The Hall–Kier alpha value is -2.04. The number of hydrogen-bond donors (Lipinski definition) is 2. The molecule has 0 spiro atoms. The van der Waals surface area contributed by atoms with E-state index in [0.717, 1.165) is 11.1 Å². The molecule has 2 aromatic rings. The highest BCUT2D eigenvalue weighted by molar-refractivity contribution is 5.62. The minimum absolute atomic E-state index is 0.0548. The Bertz CT molecular complexity index is 464. The first-order chi connectivity index (χ1) is 6.66. The van der Waals surface area contributed by atoms with Gasteiger partial charge >= 0.3 is 6.01 Å². The van der Waals surface area contributed by atoms with Crippen LogP contribution in [-0.2, 0) is 0 Å². The second kappa shape index (κ2) is 3.02. The zero-order valence-corrected chi connectivity index (χ0v) is 7.69. The van der Waals surface area contributed by atoms with Crippen molar-refractivity contribution in [3.8, 4) is 11.5 Å².